The molecule has 0 aliphatic carbocycles. The molecule has 0 saturated heterocycles. The van der Waals surface area contributed by atoms with Crippen molar-refractivity contribution in [1.29, 1.82) is 0 Å². The molecular formula is C51H33N5. The molecule has 0 aliphatic rings. The molecule has 0 aliphatic heterocycles. The maximum absolute atomic E-state index is 5.07. The molecule has 3 aromatic heterocycles. The van der Waals surface area contributed by atoms with Crippen LogP contribution in [0.3, 0.4) is 0 Å². The number of nitrogens with zero attached hydrogens (tertiary/aromatic N) is 5. The molecule has 8 aromatic carbocycles. The molecule has 5 heteroatoms. The SMILES string of the molecule is c1ccc(-c2ccc3c(c2)c2cc4c5ccccc5n(-c5ccccc5)c4cc2n3-c2cccc(-c3nc(-c4ccccc4)nc(-c4ccccc4)n3)c2)cc1. The molecule has 11 aromatic rings. The van der Waals surface area contributed by atoms with Gasteiger partial charge in [0.25, 0.3) is 0 Å². The fourth-order valence-corrected chi connectivity index (χ4v) is 8.15. The minimum Gasteiger partial charge on any atom is -0.309 e. The average molecular weight is 716 g/mol. The van der Waals surface area contributed by atoms with E-state index >= 15 is 0 Å². The molecule has 0 unspecified atom stereocenters. The number of benzene rings is 8. The van der Waals surface area contributed by atoms with E-state index < -0.39 is 0 Å². The monoisotopic (exact) mass is 715 g/mol. The lowest BCUT2D eigenvalue weighted by Gasteiger charge is -2.12. The zero-order valence-corrected chi connectivity index (χ0v) is 30.3. The average Bonchev–Trinajstić information content (AvgIpc) is 3.78. The standard InChI is InChI=1S/C51H33N5/c1-5-16-34(17-6-1)37-28-29-46-42(31-37)44-32-43-41-26-13-14-27-45(41)55(39-23-11-4-12-24-39)47(43)33-48(44)56(46)40-25-15-22-38(30-40)51-53-49(35-18-7-2-8-19-35)52-50(54-51)36-20-9-3-10-21-36/h1-33H. The van der Waals surface area contributed by atoms with Crippen molar-refractivity contribution in [3.63, 3.8) is 0 Å². The first-order valence-corrected chi connectivity index (χ1v) is 18.9. The third kappa shape index (κ3) is 5.29. The molecule has 0 N–H and O–H groups in total. The van der Waals surface area contributed by atoms with E-state index in [4.69, 9.17) is 15.0 Å². The number of fused-ring (bicyclic) bond motifs is 6. The highest BCUT2D eigenvalue weighted by Gasteiger charge is 2.20. The zero-order chi connectivity index (χ0) is 37.0. The zero-order valence-electron chi connectivity index (χ0n) is 30.3. The van der Waals surface area contributed by atoms with Crippen LogP contribution in [0.1, 0.15) is 0 Å². The number of para-hydroxylation sites is 2. The lowest BCUT2D eigenvalue weighted by Crippen LogP contribution is -2.01. The number of rotatable bonds is 6. The molecule has 0 spiro atoms. The Balaban J connectivity index is 1.18. The summed E-state index contributed by atoms with van der Waals surface area (Å²) in [5.41, 5.74) is 11.9. The largest absolute Gasteiger partial charge is 0.309 e. The molecule has 0 radical (unpaired) electrons. The number of aromatic nitrogens is 5. The molecule has 0 bridgehead atoms. The maximum Gasteiger partial charge on any atom is 0.164 e. The van der Waals surface area contributed by atoms with Crippen LogP contribution in [-0.4, -0.2) is 24.1 Å². The number of hydrogen-bond acceptors (Lipinski definition) is 3. The van der Waals surface area contributed by atoms with Crippen LogP contribution in [0.4, 0.5) is 0 Å². The Morgan fingerprint density at radius 1 is 0.250 bits per heavy atom. The summed E-state index contributed by atoms with van der Waals surface area (Å²) < 4.78 is 4.78. The van der Waals surface area contributed by atoms with Crippen molar-refractivity contribution >= 4 is 43.6 Å². The molecule has 3 heterocycles. The maximum atomic E-state index is 5.07. The second kappa shape index (κ2) is 13.0. The molecule has 262 valence electrons. The van der Waals surface area contributed by atoms with Crippen LogP contribution in [0.25, 0.3) is 100 Å². The van der Waals surface area contributed by atoms with E-state index in [9.17, 15) is 0 Å². The normalized spacial score (nSPS) is 11.6. The van der Waals surface area contributed by atoms with Gasteiger partial charge in [0.05, 0.1) is 22.1 Å². The van der Waals surface area contributed by atoms with Crippen molar-refractivity contribution in [2.24, 2.45) is 0 Å². The predicted molar refractivity (Wildman–Crippen MR) is 230 cm³/mol. The minimum atomic E-state index is 0.623. The van der Waals surface area contributed by atoms with Gasteiger partial charge in [-0.1, -0.05) is 146 Å². The summed E-state index contributed by atoms with van der Waals surface area (Å²) in [6.45, 7) is 0. The van der Waals surface area contributed by atoms with Crippen LogP contribution >= 0.6 is 0 Å². The van der Waals surface area contributed by atoms with Gasteiger partial charge in [-0.25, -0.2) is 15.0 Å². The molecule has 11 rings (SSSR count). The molecule has 0 saturated carbocycles. The Labute approximate surface area is 323 Å². The Bertz CT molecular complexity index is 3160. The van der Waals surface area contributed by atoms with Gasteiger partial charge >= 0.3 is 0 Å². The Morgan fingerprint density at radius 2 is 0.714 bits per heavy atom. The summed E-state index contributed by atoms with van der Waals surface area (Å²) in [4.78, 5) is 15.1. The van der Waals surface area contributed by atoms with E-state index in [-0.39, 0.29) is 0 Å². The highest BCUT2D eigenvalue weighted by Crippen LogP contribution is 2.41. The van der Waals surface area contributed by atoms with E-state index in [1.54, 1.807) is 0 Å². The van der Waals surface area contributed by atoms with E-state index in [0.717, 1.165) is 44.6 Å². The van der Waals surface area contributed by atoms with Gasteiger partial charge in [0.2, 0.25) is 0 Å². The van der Waals surface area contributed by atoms with Gasteiger partial charge in [-0.15, -0.1) is 0 Å². The van der Waals surface area contributed by atoms with E-state index in [2.05, 4.69) is 149 Å². The first-order valence-electron chi connectivity index (χ1n) is 18.9. The fourth-order valence-electron chi connectivity index (χ4n) is 8.15. The number of hydrogen-bond donors (Lipinski definition) is 0. The van der Waals surface area contributed by atoms with Gasteiger partial charge in [-0.3, -0.25) is 0 Å². The van der Waals surface area contributed by atoms with Crippen LogP contribution in [0, 0.1) is 0 Å². The molecule has 56 heavy (non-hydrogen) atoms. The highest BCUT2D eigenvalue weighted by molar-refractivity contribution is 6.19. The van der Waals surface area contributed by atoms with Gasteiger partial charge in [0, 0.05) is 49.6 Å². The minimum absolute atomic E-state index is 0.623. The van der Waals surface area contributed by atoms with Gasteiger partial charge in [-0.2, -0.15) is 0 Å². The third-order valence-electron chi connectivity index (χ3n) is 10.7. The molecule has 0 amide bonds. The van der Waals surface area contributed by atoms with Crippen molar-refractivity contribution < 1.29 is 0 Å². The van der Waals surface area contributed by atoms with Crippen molar-refractivity contribution in [3.8, 4) is 56.7 Å². The highest BCUT2D eigenvalue weighted by atomic mass is 15.0. The van der Waals surface area contributed by atoms with Crippen LogP contribution < -0.4 is 0 Å². The lowest BCUT2D eigenvalue weighted by molar-refractivity contribution is 1.07. The molecule has 0 fully saturated rings. The summed E-state index contributed by atoms with van der Waals surface area (Å²) >= 11 is 0. The van der Waals surface area contributed by atoms with Crippen molar-refractivity contribution in [3.05, 3.63) is 200 Å². The van der Waals surface area contributed by atoms with Gasteiger partial charge in [0.1, 0.15) is 0 Å². The predicted octanol–water partition coefficient (Wildman–Crippen LogP) is 12.7. The third-order valence-corrected chi connectivity index (χ3v) is 10.7. The topological polar surface area (TPSA) is 48.5 Å². The van der Waals surface area contributed by atoms with Gasteiger partial charge < -0.3 is 9.13 Å². The molecule has 5 nitrogen and oxygen atoms in total. The van der Waals surface area contributed by atoms with Crippen molar-refractivity contribution in [1.82, 2.24) is 24.1 Å². The first kappa shape index (κ1) is 31.9. The van der Waals surface area contributed by atoms with Crippen LogP contribution in [0.5, 0.6) is 0 Å². The quantitative estimate of drug-likeness (QED) is 0.172. The van der Waals surface area contributed by atoms with Crippen molar-refractivity contribution in [2.75, 3.05) is 0 Å². The van der Waals surface area contributed by atoms with E-state index in [0.29, 0.717) is 17.5 Å². The summed E-state index contributed by atoms with van der Waals surface area (Å²) in [6, 6.07) is 70.5. The second-order valence-corrected chi connectivity index (χ2v) is 14.1. The first-order chi connectivity index (χ1) is 27.8. The van der Waals surface area contributed by atoms with Crippen LogP contribution in [0.2, 0.25) is 0 Å². The Kier molecular flexibility index (Phi) is 7.42. The lowest BCUT2D eigenvalue weighted by atomic mass is 10.0. The second-order valence-electron chi connectivity index (χ2n) is 14.1. The smallest absolute Gasteiger partial charge is 0.164 e. The fraction of sp³-hybridized carbons (Fsp3) is 0. The molecular weight excluding hydrogens is 683 g/mol. The van der Waals surface area contributed by atoms with Crippen molar-refractivity contribution in [2.45, 2.75) is 0 Å². The van der Waals surface area contributed by atoms with E-state index in [1.165, 1.54) is 38.2 Å². The Hall–Kier alpha value is -7.63. The van der Waals surface area contributed by atoms with E-state index in [1.807, 2.05) is 60.7 Å². The van der Waals surface area contributed by atoms with Crippen LogP contribution in [0.15, 0.2) is 200 Å². The summed E-state index contributed by atoms with van der Waals surface area (Å²) in [5, 5.41) is 4.85. The summed E-state index contributed by atoms with van der Waals surface area (Å²) in [7, 11) is 0. The van der Waals surface area contributed by atoms with Gasteiger partial charge in [-0.05, 0) is 65.7 Å². The summed E-state index contributed by atoms with van der Waals surface area (Å²) in [5.74, 6) is 1.90. The Morgan fingerprint density at radius 3 is 1.38 bits per heavy atom. The summed E-state index contributed by atoms with van der Waals surface area (Å²) in [6.07, 6.45) is 0. The molecule has 0 atom stereocenters. The van der Waals surface area contributed by atoms with Crippen LogP contribution in [-0.2, 0) is 0 Å². The van der Waals surface area contributed by atoms with Gasteiger partial charge in [0.15, 0.2) is 17.5 Å².